The van der Waals surface area contributed by atoms with Crippen LogP contribution in [0.1, 0.15) is 22.5 Å². The van der Waals surface area contributed by atoms with Gasteiger partial charge in [-0.15, -0.1) is 0 Å². The number of benzene rings is 1. The van der Waals surface area contributed by atoms with E-state index in [2.05, 4.69) is 16.2 Å². The number of hydrogen-bond donors (Lipinski definition) is 0. The molecule has 0 bridgehead atoms. The van der Waals surface area contributed by atoms with E-state index in [1.54, 1.807) is 31.3 Å². The third kappa shape index (κ3) is 3.86. The highest BCUT2D eigenvalue weighted by Gasteiger charge is 2.30. The van der Waals surface area contributed by atoms with Gasteiger partial charge in [0.05, 0.1) is 28.2 Å². The van der Waals surface area contributed by atoms with Gasteiger partial charge in [0.2, 0.25) is 0 Å². The zero-order valence-electron chi connectivity index (χ0n) is 14.0. The van der Waals surface area contributed by atoms with Crippen LogP contribution in [0, 0.1) is 18.3 Å². The fraction of sp³-hybridized carbons (Fsp3) is 0.105. The quantitative estimate of drug-likeness (QED) is 0.571. The van der Waals surface area contributed by atoms with Crippen molar-refractivity contribution < 1.29 is 13.2 Å². The average Bonchev–Trinajstić information content (AvgIpc) is 2.94. The largest absolute Gasteiger partial charge is 0.416 e. The third-order valence-electron chi connectivity index (χ3n) is 3.82. The molecule has 0 fully saturated rings. The van der Waals surface area contributed by atoms with Crippen LogP contribution in [0.3, 0.4) is 0 Å². The predicted octanol–water partition coefficient (Wildman–Crippen LogP) is 5.31. The maximum Gasteiger partial charge on any atom is 0.416 e. The van der Waals surface area contributed by atoms with Crippen LogP contribution in [0.2, 0.25) is 5.15 Å². The van der Waals surface area contributed by atoms with Crippen molar-refractivity contribution in [1.82, 2.24) is 14.8 Å². The van der Waals surface area contributed by atoms with Crippen LogP contribution >= 0.6 is 11.6 Å². The van der Waals surface area contributed by atoms with Gasteiger partial charge in [-0.05, 0) is 43.3 Å². The first-order valence-corrected chi connectivity index (χ1v) is 8.15. The normalized spacial score (nSPS) is 12.1. The molecule has 27 heavy (non-hydrogen) atoms. The predicted molar refractivity (Wildman–Crippen MR) is 96.0 cm³/mol. The standard InChI is InChI=1S/C19H12ClF3N4/c1-12-16(9-13(11-24)17-7-2-3-8-25-17)18(20)27(26-12)15-6-4-5-14(10-15)19(21,22)23/h2-10H,1H3/b13-9+. The number of hydrogen-bond acceptors (Lipinski definition) is 3. The number of alkyl halides is 3. The van der Waals surface area contributed by atoms with E-state index >= 15 is 0 Å². The van der Waals surface area contributed by atoms with E-state index in [9.17, 15) is 18.4 Å². The average molecular weight is 389 g/mol. The van der Waals surface area contributed by atoms with E-state index in [1.807, 2.05) is 0 Å². The van der Waals surface area contributed by atoms with E-state index in [-0.39, 0.29) is 16.4 Å². The highest BCUT2D eigenvalue weighted by atomic mass is 35.5. The second-order valence-electron chi connectivity index (χ2n) is 5.63. The zero-order valence-corrected chi connectivity index (χ0v) is 14.8. The molecule has 0 radical (unpaired) electrons. The van der Waals surface area contributed by atoms with Crippen LogP contribution in [-0.4, -0.2) is 14.8 Å². The maximum atomic E-state index is 13.0. The van der Waals surface area contributed by atoms with Crippen molar-refractivity contribution in [2.45, 2.75) is 13.1 Å². The Kier molecular flexibility index (Phi) is 5.02. The highest BCUT2D eigenvalue weighted by molar-refractivity contribution is 6.31. The fourth-order valence-electron chi connectivity index (χ4n) is 2.49. The summed E-state index contributed by atoms with van der Waals surface area (Å²) in [5, 5.41) is 13.8. The molecule has 0 saturated heterocycles. The van der Waals surface area contributed by atoms with Crippen molar-refractivity contribution in [2.24, 2.45) is 0 Å². The molecular weight excluding hydrogens is 377 g/mol. The summed E-state index contributed by atoms with van der Waals surface area (Å²) in [6.07, 6.45) is -1.39. The molecule has 0 N–H and O–H groups in total. The van der Waals surface area contributed by atoms with Crippen molar-refractivity contribution in [3.63, 3.8) is 0 Å². The summed E-state index contributed by atoms with van der Waals surface area (Å²) < 4.78 is 40.1. The van der Waals surface area contributed by atoms with Crippen LogP contribution in [0.15, 0.2) is 48.7 Å². The number of nitrogens with zero attached hydrogens (tertiary/aromatic N) is 4. The Labute approximate surface area is 158 Å². The molecule has 136 valence electrons. The number of nitriles is 1. The second-order valence-corrected chi connectivity index (χ2v) is 5.99. The number of aromatic nitrogens is 3. The van der Waals surface area contributed by atoms with E-state index in [1.165, 1.54) is 22.9 Å². The Morgan fingerprint density at radius 2 is 2.00 bits per heavy atom. The lowest BCUT2D eigenvalue weighted by Crippen LogP contribution is -2.06. The van der Waals surface area contributed by atoms with Gasteiger partial charge in [0.15, 0.2) is 0 Å². The van der Waals surface area contributed by atoms with Gasteiger partial charge in [-0.3, -0.25) is 4.98 Å². The SMILES string of the molecule is Cc1nn(-c2cccc(C(F)(F)F)c2)c(Cl)c1/C=C(\C#N)c1ccccn1. The molecule has 3 aromatic rings. The van der Waals surface area contributed by atoms with Gasteiger partial charge in [0.1, 0.15) is 11.2 Å². The summed E-state index contributed by atoms with van der Waals surface area (Å²) >= 11 is 6.36. The molecule has 1 aromatic carbocycles. The zero-order chi connectivity index (χ0) is 19.6. The topological polar surface area (TPSA) is 54.5 Å². The Morgan fingerprint density at radius 3 is 2.63 bits per heavy atom. The first-order valence-electron chi connectivity index (χ1n) is 7.77. The molecule has 0 atom stereocenters. The van der Waals surface area contributed by atoms with Crippen molar-refractivity contribution in [3.05, 3.63) is 76.3 Å². The lowest BCUT2D eigenvalue weighted by Gasteiger charge is -2.09. The van der Waals surface area contributed by atoms with Crippen LogP contribution in [0.5, 0.6) is 0 Å². The van der Waals surface area contributed by atoms with Gasteiger partial charge < -0.3 is 0 Å². The number of aryl methyl sites for hydroxylation is 1. The molecule has 4 nitrogen and oxygen atoms in total. The molecule has 2 aromatic heterocycles. The highest BCUT2D eigenvalue weighted by Crippen LogP contribution is 2.32. The molecule has 0 amide bonds. The Balaban J connectivity index is 2.09. The summed E-state index contributed by atoms with van der Waals surface area (Å²) in [4.78, 5) is 4.12. The summed E-state index contributed by atoms with van der Waals surface area (Å²) in [6.45, 7) is 1.66. The summed E-state index contributed by atoms with van der Waals surface area (Å²) in [5.74, 6) is 0. The Bertz CT molecular complexity index is 1050. The number of pyridine rings is 1. The summed E-state index contributed by atoms with van der Waals surface area (Å²) in [5.41, 5.74) is 1.02. The van der Waals surface area contributed by atoms with Crippen LogP contribution in [-0.2, 0) is 6.18 Å². The number of rotatable bonds is 3. The molecular formula is C19H12ClF3N4. The minimum atomic E-state index is -4.47. The lowest BCUT2D eigenvalue weighted by atomic mass is 10.1. The molecule has 0 unspecified atom stereocenters. The molecule has 3 rings (SSSR count). The third-order valence-corrected chi connectivity index (χ3v) is 4.18. The molecule has 0 aliphatic heterocycles. The van der Waals surface area contributed by atoms with Crippen LogP contribution in [0.4, 0.5) is 13.2 Å². The van der Waals surface area contributed by atoms with Gasteiger partial charge in [-0.25, -0.2) is 4.68 Å². The minimum absolute atomic E-state index is 0.107. The van der Waals surface area contributed by atoms with Crippen molar-refractivity contribution in [1.29, 1.82) is 5.26 Å². The molecule has 0 aliphatic carbocycles. The van der Waals surface area contributed by atoms with Crippen molar-refractivity contribution in [2.75, 3.05) is 0 Å². The van der Waals surface area contributed by atoms with Gasteiger partial charge in [0.25, 0.3) is 0 Å². The summed E-state index contributed by atoms with van der Waals surface area (Å²) in [7, 11) is 0. The minimum Gasteiger partial charge on any atom is -0.256 e. The first-order chi connectivity index (χ1) is 12.8. The second kappa shape index (κ2) is 7.25. The Morgan fingerprint density at radius 1 is 1.22 bits per heavy atom. The lowest BCUT2D eigenvalue weighted by molar-refractivity contribution is -0.137. The van der Waals surface area contributed by atoms with E-state index in [0.29, 0.717) is 17.0 Å². The maximum absolute atomic E-state index is 13.0. The van der Waals surface area contributed by atoms with Gasteiger partial charge in [-0.2, -0.15) is 23.5 Å². The van der Waals surface area contributed by atoms with Crippen molar-refractivity contribution in [3.8, 4) is 11.8 Å². The van der Waals surface area contributed by atoms with Crippen LogP contribution in [0.25, 0.3) is 17.3 Å². The number of allylic oxidation sites excluding steroid dienone is 1. The molecule has 8 heteroatoms. The van der Waals surface area contributed by atoms with E-state index in [4.69, 9.17) is 11.6 Å². The van der Waals surface area contributed by atoms with Gasteiger partial charge in [0, 0.05) is 11.8 Å². The van der Waals surface area contributed by atoms with Gasteiger partial charge in [-0.1, -0.05) is 23.7 Å². The van der Waals surface area contributed by atoms with E-state index < -0.39 is 11.7 Å². The van der Waals surface area contributed by atoms with Gasteiger partial charge >= 0.3 is 6.18 Å². The monoisotopic (exact) mass is 388 g/mol. The summed E-state index contributed by atoms with van der Waals surface area (Å²) in [6, 6.07) is 11.9. The van der Waals surface area contributed by atoms with Crippen molar-refractivity contribution >= 4 is 23.3 Å². The first kappa shape index (κ1) is 18.7. The fourth-order valence-corrected chi connectivity index (χ4v) is 2.82. The molecule has 2 heterocycles. The molecule has 0 spiro atoms. The molecule has 0 aliphatic rings. The van der Waals surface area contributed by atoms with E-state index in [0.717, 1.165) is 12.1 Å². The Hall–Kier alpha value is -3.11. The van der Waals surface area contributed by atoms with Crippen LogP contribution < -0.4 is 0 Å². The smallest absolute Gasteiger partial charge is 0.256 e. The number of halogens is 4. The molecule has 0 saturated carbocycles.